The van der Waals surface area contributed by atoms with Crippen LogP contribution in [0.4, 0.5) is 5.13 Å². The first-order valence-corrected chi connectivity index (χ1v) is 14.9. The molecule has 1 fully saturated rings. The zero-order chi connectivity index (χ0) is 27.7. The molecular weight excluding hydrogens is 532 g/mol. The molecule has 2 atom stereocenters. The Morgan fingerprint density at radius 1 is 1.00 bits per heavy atom. The molecular formula is C29H30N4O4S2. The molecule has 202 valence electrons. The van der Waals surface area contributed by atoms with Crippen LogP contribution < -0.4 is 5.01 Å². The minimum Gasteiger partial charge on any atom is -0.373 e. The normalized spacial score (nSPS) is 18.6. The van der Waals surface area contributed by atoms with Crippen LogP contribution in [-0.4, -0.2) is 55.1 Å². The second-order valence-corrected chi connectivity index (χ2v) is 12.8. The number of fused-ring (bicyclic) bond motifs is 1. The summed E-state index contributed by atoms with van der Waals surface area (Å²) in [5.74, 6) is -0.410. The minimum absolute atomic E-state index is 0.130. The zero-order valence-corrected chi connectivity index (χ0v) is 23.9. The lowest BCUT2D eigenvalue weighted by Crippen LogP contribution is -2.48. The van der Waals surface area contributed by atoms with E-state index in [2.05, 4.69) is 10.1 Å². The summed E-state index contributed by atoms with van der Waals surface area (Å²) in [7, 11) is -3.73. The van der Waals surface area contributed by atoms with Gasteiger partial charge in [-0.2, -0.15) is 14.4 Å². The number of amides is 1. The zero-order valence-electron chi connectivity index (χ0n) is 22.2. The predicted molar refractivity (Wildman–Crippen MR) is 155 cm³/mol. The molecule has 0 aliphatic carbocycles. The van der Waals surface area contributed by atoms with Gasteiger partial charge in [0.25, 0.3) is 5.91 Å². The number of anilines is 1. The van der Waals surface area contributed by atoms with Gasteiger partial charge in [0.05, 0.1) is 33.5 Å². The summed E-state index contributed by atoms with van der Waals surface area (Å²) in [5.41, 5.74) is 4.14. The molecule has 1 amide bonds. The Hall–Kier alpha value is -3.44. The quantitative estimate of drug-likeness (QED) is 0.232. The van der Waals surface area contributed by atoms with E-state index in [-0.39, 0.29) is 30.2 Å². The summed E-state index contributed by atoms with van der Waals surface area (Å²) >= 11 is 1.37. The molecule has 5 rings (SSSR count). The van der Waals surface area contributed by atoms with Crippen LogP contribution in [0, 0.1) is 13.8 Å². The third kappa shape index (κ3) is 5.94. The van der Waals surface area contributed by atoms with Crippen LogP contribution in [0.2, 0.25) is 0 Å². The molecule has 8 nitrogen and oxygen atoms in total. The van der Waals surface area contributed by atoms with Crippen molar-refractivity contribution in [2.75, 3.05) is 18.1 Å². The Labute approximate surface area is 232 Å². The van der Waals surface area contributed by atoms with Crippen LogP contribution in [-0.2, 0) is 14.8 Å². The molecule has 1 aromatic heterocycles. The summed E-state index contributed by atoms with van der Waals surface area (Å²) in [6, 6.07) is 19.7. The van der Waals surface area contributed by atoms with E-state index in [0.717, 1.165) is 26.9 Å². The van der Waals surface area contributed by atoms with E-state index in [1.165, 1.54) is 44.9 Å². The molecule has 2 unspecified atom stereocenters. The fourth-order valence-corrected chi connectivity index (χ4v) is 7.05. The average molecular weight is 563 g/mol. The van der Waals surface area contributed by atoms with Gasteiger partial charge in [0.15, 0.2) is 0 Å². The number of aryl methyl sites for hydroxylation is 2. The van der Waals surface area contributed by atoms with E-state index >= 15 is 0 Å². The lowest BCUT2D eigenvalue weighted by Gasteiger charge is -2.34. The maximum Gasteiger partial charge on any atom is 0.280 e. The second-order valence-electron chi connectivity index (χ2n) is 9.84. The SMILES string of the molecule is Cc1ccc(/C=N/N(C(=O)c2ccc(S(=O)(=O)N3CC(C)OC(C)C3)cc2)c2nc3ccc(C)cc3s2)cc1. The first-order chi connectivity index (χ1) is 18.6. The van der Waals surface area contributed by atoms with Crippen LogP contribution in [0.1, 0.15) is 40.9 Å². The highest BCUT2D eigenvalue weighted by Crippen LogP contribution is 2.31. The Bertz CT molecular complexity index is 1620. The monoisotopic (exact) mass is 562 g/mol. The van der Waals surface area contributed by atoms with Crippen molar-refractivity contribution in [3.8, 4) is 0 Å². The van der Waals surface area contributed by atoms with E-state index in [1.54, 1.807) is 6.21 Å². The molecule has 0 radical (unpaired) electrons. The van der Waals surface area contributed by atoms with Crippen molar-refractivity contribution in [1.82, 2.24) is 9.29 Å². The Morgan fingerprint density at radius 2 is 1.64 bits per heavy atom. The van der Waals surface area contributed by atoms with Crippen LogP contribution >= 0.6 is 11.3 Å². The van der Waals surface area contributed by atoms with Crippen molar-refractivity contribution in [2.45, 2.75) is 44.8 Å². The molecule has 0 spiro atoms. The number of carbonyl (C=O) groups is 1. The van der Waals surface area contributed by atoms with Crippen molar-refractivity contribution >= 4 is 48.8 Å². The van der Waals surface area contributed by atoms with E-state index < -0.39 is 15.9 Å². The van der Waals surface area contributed by atoms with Crippen LogP contribution in [0.15, 0.2) is 76.7 Å². The first kappa shape index (κ1) is 27.1. The number of thiazole rings is 1. The van der Waals surface area contributed by atoms with Crippen molar-refractivity contribution in [3.63, 3.8) is 0 Å². The standard InChI is InChI=1S/C29H30N4O4S2/c1-19-5-8-23(9-6-19)16-30-33(29-31-26-14-7-20(2)15-27(26)38-29)28(34)24-10-12-25(13-11-24)39(35,36)32-17-21(3)37-22(4)18-32/h5-16,21-22H,17-18H2,1-4H3/b30-16+. The van der Waals surface area contributed by atoms with E-state index in [0.29, 0.717) is 10.7 Å². The lowest BCUT2D eigenvalue weighted by molar-refractivity contribution is -0.0440. The van der Waals surface area contributed by atoms with Crippen molar-refractivity contribution in [1.29, 1.82) is 0 Å². The molecule has 2 heterocycles. The van der Waals surface area contributed by atoms with E-state index in [1.807, 2.05) is 70.2 Å². The second kappa shape index (κ2) is 11.0. The van der Waals surface area contributed by atoms with Gasteiger partial charge in [0.1, 0.15) is 0 Å². The molecule has 0 N–H and O–H groups in total. The van der Waals surface area contributed by atoms with Gasteiger partial charge in [-0.3, -0.25) is 4.79 Å². The highest BCUT2D eigenvalue weighted by Gasteiger charge is 2.32. The first-order valence-electron chi connectivity index (χ1n) is 12.7. The molecule has 0 bridgehead atoms. The summed E-state index contributed by atoms with van der Waals surface area (Å²) in [6.45, 7) is 8.29. The summed E-state index contributed by atoms with van der Waals surface area (Å²) in [6.07, 6.45) is 1.23. The molecule has 3 aromatic carbocycles. The molecule has 0 saturated carbocycles. The molecule has 1 aliphatic heterocycles. The van der Waals surface area contributed by atoms with Crippen molar-refractivity contribution < 1.29 is 17.9 Å². The number of nitrogens with zero attached hydrogens (tertiary/aromatic N) is 4. The number of benzene rings is 3. The number of morpholine rings is 1. The fraction of sp³-hybridized carbons (Fsp3) is 0.276. The molecule has 39 heavy (non-hydrogen) atoms. The third-order valence-corrected chi connectivity index (χ3v) is 9.27. The van der Waals surface area contributed by atoms with Gasteiger partial charge in [-0.15, -0.1) is 0 Å². The Kier molecular flexibility index (Phi) is 7.64. The number of sulfonamides is 1. The molecule has 1 aliphatic rings. The van der Waals surface area contributed by atoms with E-state index in [4.69, 9.17) is 4.74 Å². The third-order valence-electron chi connectivity index (χ3n) is 6.43. The van der Waals surface area contributed by atoms with E-state index in [9.17, 15) is 13.2 Å². The van der Waals surface area contributed by atoms with Crippen molar-refractivity contribution in [3.05, 3.63) is 89.0 Å². The number of ether oxygens (including phenoxy) is 1. The lowest BCUT2D eigenvalue weighted by atomic mass is 10.2. The van der Waals surface area contributed by atoms with Crippen LogP contribution in [0.3, 0.4) is 0 Å². The molecule has 10 heteroatoms. The summed E-state index contributed by atoms with van der Waals surface area (Å²) in [5, 5.41) is 6.22. The average Bonchev–Trinajstić information content (AvgIpc) is 3.32. The van der Waals surface area contributed by atoms with Gasteiger partial charge in [0.2, 0.25) is 15.2 Å². The number of carbonyl (C=O) groups excluding carboxylic acids is 1. The topological polar surface area (TPSA) is 92.2 Å². The Morgan fingerprint density at radius 3 is 2.31 bits per heavy atom. The highest BCUT2D eigenvalue weighted by molar-refractivity contribution is 7.89. The smallest absolute Gasteiger partial charge is 0.280 e. The van der Waals surface area contributed by atoms with Crippen LogP contribution in [0.5, 0.6) is 0 Å². The molecule has 1 saturated heterocycles. The van der Waals surface area contributed by atoms with Gasteiger partial charge >= 0.3 is 0 Å². The maximum atomic E-state index is 13.7. The Balaban J connectivity index is 1.46. The largest absolute Gasteiger partial charge is 0.373 e. The molecule has 4 aromatic rings. The minimum atomic E-state index is -3.73. The predicted octanol–water partition coefficient (Wildman–Crippen LogP) is 5.39. The van der Waals surface area contributed by atoms with Gasteiger partial charge < -0.3 is 4.74 Å². The van der Waals surface area contributed by atoms with Crippen LogP contribution in [0.25, 0.3) is 10.2 Å². The van der Waals surface area contributed by atoms with Gasteiger partial charge in [-0.05, 0) is 75.2 Å². The highest BCUT2D eigenvalue weighted by atomic mass is 32.2. The number of hydrogen-bond donors (Lipinski definition) is 0. The number of rotatable bonds is 6. The number of hydrogen-bond acceptors (Lipinski definition) is 7. The fourth-order valence-electron chi connectivity index (χ4n) is 4.44. The maximum absolute atomic E-state index is 13.7. The van der Waals surface area contributed by atoms with Gasteiger partial charge in [0, 0.05) is 18.7 Å². The van der Waals surface area contributed by atoms with Gasteiger partial charge in [-0.1, -0.05) is 47.2 Å². The summed E-state index contributed by atoms with van der Waals surface area (Å²) in [4.78, 5) is 18.5. The number of hydrazone groups is 1. The van der Waals surface area contributed by atoms with Gasteiger partial charge in [-0.25, -0.2) is 13.4 Å². The summed E-state index contributed by atoms with van der Waals surface area (Å²) < 4.78 is 34.6. The van der Waals surface area contributed by atoms with Crippen molar-refractivity contribution in [2.24, 2.45) is 5.10 Å². The number of aromatic nitrogens is 1.